The minimum absolute atomic E-state index is 0.0582. The molecular formula is C15H13N3O2. The lowest BCUT2D eigenvalue weighted by Crippen LogP contribution is -2.19. The van der Waals surface area contributed by atoms with Gasteiger partial charge in [0.2, 0.25) is 0 Å². The maximum absolute atomic E-state index is 12.1. The number of amides is 1. The van der Waals surface area contributed by atoms with E-state index in [4.69, 9.17) is 4.74 Å². The highest BCUT2D eigenvalue weighted by Crippen LogP contribution is 2.25. The van der Waals surface area contributed by atoms with Crippen LogP contribution in [-0.4, -0.2) is 23.7 Å². The second-order valence-corrected chi connectivity index (χ2v) is 4.37. The third-order valence-corrected chi connectivity index (χ3v) is 3.07. The van der Waals surface area contributed by atoms with E-state index in [1.165, 1.54) is 5.01 Å². The number of rotatable bonds is 3. The molecule has 0 aliphatic carbocycles. The Balaban J connectivity index is 1.94. The Kier molecular flexibility index (Phi) is 3.16. The molecule has 5 nitrogen and oxygen atoms in total. The fourth-order valence-electron chi connectivity index (χ4n) is 2.07. The average molecular weight is 267 g/mol. The predicted molar refractivity (Wildman–Crippen MR) is 75.9 cm³/mol. The van der Waals surface area contributed by atoms with Crippen molar-refractivity contribution in [1.82, 2.24) is 4.98 Å². The summed E-state index contributed by atoms with van der Waals surface area (Å²) in [5, 5.41) is 5.80. The molecule has 0 saturated heterocycles. The molecule has 0 N–H and O–H groups in total. The summed E-state index contributed by atoms with van der Waals surface area (Å²) in [7, 11) is 1.59. The molecule has 0 fully saturated rings. The number of hydrogen-bond acceptors (Lipinski definition) is 4. The van der Waals surface area contributed by atoms with Gasteiger partial charge in [-0.3, -0.25) is 9.78 Å². The topological polar surface area (TPSA) is 54.8 Å². The molecule has 1 aliphatic heterocycles. The molecule has 1 amide bonds. The van der Waals surface area contributed by atoms with Gasteiger partial charge in [-0.05, 0) is 24.3 Å². The number of anilines is 1. The van der Waals surface area contributed by atoms with Crippen LogP contribution in [-0.2, 0) is 4.79 Å². The molecular weight excluding hydrogens is 254 g/mol. The summed E-state index contributed by atoms with van der Waals surface area (Å²) >= 11 is 0. The van der Waals surface area contributed by atoms with Crippen LogP contribution in [0.5, 0.6) is 5.75 Å². The van der Waals surface area contributed by atoms with E-state index >= 15 is 0 Å². The maximum Gasteiger partial charge on any atom is 0.253 e. The van der Waals surface area contributed by atoms with Crippen molar-refractivity contribution in [1.29, 1.82) is 0 Å². The van der Waals surface area contributed by atoms with Gasteiger partial charge < -0.3 is 4.74 Å². The fraction of sp³-hybridized carbons (Fsp3) is 0.133. The molecule has 2 aromatic rings. The molecule has 0 bridgehead atoms. The van der Waals surface area contributed by atoms with E-state index in [2.05, 4.69) is 10.1 Å². The monoisotopic (exact) mass is 267 g/mol. The summed E-state index contributed by atoms with van der Waals surface area (Å²) in [4.78, 5) is 16.2. The van der Waals surface area contributed by atoms with Crippen molar-refractivity contribution in [2.24, 2.45) is 5.10 Å². The first-order valence-electron chi connectivity index (χ1n) is 6.23. The number of pyridine rings is 1. The van der Waals surface area contributed by atoms with Crippen LogP contribution in [0.3, 0.4) is 0 Å². The molecule has 1 aromatic heterocycles. The van der Waals surface area contributed by atoms with Crippen LogP contribution in [0.25, 0.3) is 0 Å². The Morgan fingerprint density at radius 3 is 2.90 bits per heavy atom. The summed E-state index contributed by atoms with van der Waals surface area (Å²) in [5.74, 6) is 0.637. The number of carbonyl (C=O) groups is 1. The minimum Gasteiger partial charge on any atom is -0.497 e. The molecule has 1 aliphatic rings. The van der Waals surface area contributed by atoms with Crippen LogP contribution in [0.2, 0.25) is 0 Å². The standard InChI is InChI=1S/C15H13N3O2/c1-20-13-6-2-5-12(8-13)18-15(19)9-14(17-18)11-4-3-7-16-10-11/h2-8,10H,9H2,1H3. The smallest absolute Gasteiger partial charge is 0.253 e. The van der Waals surface area contributed by atoms with Crippen LogP contribution in [0.1, 0.15) is 12.0 Å². The molecule has 0 unspecified atom stereocenters. The van der Waals surface area contributed by atoms with Crippen molar-refractivity contribution in [3.63, 3.8) is 0 Å². The van der Waals surface area contributed by atoms with Gasteiger partial charge in [0.15, 0.2) is 0 Å². The van der Waals surface area contributed by atoms with Gasteiger partial charge >= 0.3 is 0 Å². The third kappa shape index (κ3) is 2.25. The molecule has 0 saturated carbocycles. The third-order valence-electron chi connectivity index (χ3n) is 3.07. The number of nitrogens with zero attached hydrogens (tertiary/aromatic N) is 3. The van der Waals surface area contributed by atoms with E-state index in [9.17, 15) is 4.79 Å². The van der Waals surface area contributed by atoms with Gasteiger partial charge in [0, 0.05) is 24.0 Å². The van der Waals surface area contributed by atoms with Crippen LogP contribution < -0.4 is 9.75 Å². The number of ether oxygens (including phenoxy) is 1. The molecule has 0 spiro atoms. The lowest BCUT2D eigenvalue weighted by Gasteiger charge is -2.12. The van der Waals surface area contributed by atoms with E-state index in [0.29, 0.717) is 11.4 Å². The molecule has 0 atom stereocenters. The maximum atomic E-state index is 12.1. The summed E-state index contributed by atoms with van der Waals surface area (Å²) in [6, 6.07) is 11.0. The van der Waals surface area contributed by atoms with Crippen LogP contribution in [0.15, 0.2) is 53.9 Å². The minimum atomic E-state index is -0.0582. The number of benzene rings is 1. The molecule has 20 heavy (non-hydrogen) atoms. The number of methoxy groups -OCH3 is 1. The first-order valence-corrected chi connectivity index (χ1v) is 6.23. The fourth-order valence-corrected chi connectivity index (χ4v) is 2.07. The van der Waals surface area contributed by atoms with Crippen LogP contribution in [0, 0.1) is 0 Å². The SMILES string of the molecule is COc1cccc(N2N=C(c3cccnc3)CC2=O)c1. The Labute approximate surface area is 116 Å². The van der Waals surface area contributed by atoms with E-state index in [1.54, 1.807) is 25.6 Å². The molecule has 2 heterocycles. The number of hydrazone groups is 1. The lowest BCUT2D eigenvalue weighted by molar-refractivity contribution is -0.116. The Morgan fingerprint density at radius 2 is 2.15 bits per heavy atom. The lowest BCUT2D eigenvalue weighted by atomic mass is 10.1. The van der Waals surface area contributed by atoms with E-state index < -0.39 is 0 Å². The summed E-state index contributed by atoms with van der Waals surface area (Å²) in [5.41, 5.74) is 2.30. The Hall–Kier alpha value is -2.69. The molecule has 100 valence electrons. The van der Waals surface area contributed by atoms with E-state index in [0.717, 1.165) is 11.3 Å². The summed E-state index contributed by atoms with van der Waals surface area (Å²) in [6.45, 7) is 0. The number of hydrogen-bond donors (Lipinski definition) is 0. The van der Waals surface area contributed by atoms with E-state index in [1.807, 2.05) is 30.3 Å². The number of aromatic nitrogens is 1. The second kappa shape index (κ2) is 5.13. The zero-order valence-electron chi connectivity index (χ0n) is 11.0. The Morgan fingerprint density at radius 1 is 1.25 bits per heavy atom. The Bertz CT molecular complexity index is 668. The van der Waals surface area contributed by atoms with Crippen molar-refractivity contribution in [3.8, 4) is 5.75 Å². The predicted octanol–water partition coefficient (Wildman–Crippen LogP) is 2.23. The van der Waals surface area contributed by atoms with Crippen LogP contribution in [0.4, 0.5) is 5.69 Å². The zero-order chi connectivity index (χ0) is 13.9. The average Bonchev–Trinajstić information content (AvgIpc) is 2.90. The first kappa shape index (κ1) is 12.3. The second-order valence-electron chi connectivity index (χ2n) is 4.37. The van der Waals surface area contributed by atoms with Gasteiger partial charge in [0.05, 0.1) is 24.9 Å². The van der Waals surface area contributed by atoms with E-state index in [-0.39, 0.29) is 12.3 Å². The summed E-state index contributed by atoms with van der Waals surface area (Å²) in [6.07, 6.45) is 3.69. The van der Waals surface area contributed by atoms with Crippen molar-refractivity contribution >= 4 is 17.3 Å². The highest BCUT2D eigenvalue weighted by atomic mass is 16.5. The highest BCUT2D eigenvalue weighted by Gasteiger charge is 2.26. The van der Waals surface area contributed by atoms with Gasteiger partial charge in [-0.15, -0.1) is 0 Å². The summed E-state index contributed by atoms with van der Waals surface area (Å²) < 4.78 is 5.16. The van der Waals surface area contributed by atoms with Gasteiger partial charge in [0.25, 0.3) is 5.91 Å². The van der Waals surface area contributed by atoms with Crippen molar-refractivity contribution in [3.05, 3.63) is 54.4 Å². The molecule has 1 aromatic carbocycles. The largest absolute Gasteiger partial charge is 0.497 e. The normalized spacial score (nSPS) is 14.3. The molecule has 5 heteroatoms. The van der Waals surface area contributed by atoms with Gasteiger partial charge in [-0.1, -0.05) is 6.07 Å². The van der Waals surface area contributed by atoms with Crippen molar-refractivity contribution in [2.75, 3.05) is 12.1 Å². The van der Waals surface area contributed by atoms with Crippen LogP contribution >= 0.6 is 0 Å². The van der Waals surface area contributed by atoms with Gasteiger partial charge in [0.1, 0.15) is 5.75 Å². The van der Waals surface area contributed by atoms with Crippen molar-refractivity contribution < 1.29 is 9.53 Å². The highest BCUT2D eigenvalue weighted by molar-refractivity contribution is 6.19. The number of carbonyl (C=O) groups excluding carboxylic acids is 1. The van der Waals surface area contributed by atoms with Crippen molar-refractivity contribution in [2.45, 2.75) is 6.42 Å². The quantitative estimate of drug-likeness (QED) is 0.857. The zero-order valence-corrected chi connectivity index (χ0v) is 11.0. The molecule has 3 rings (SSSR count). The molecule has 0 radical (unpaired) electrons. The van der Waals surface area contributed by atoms with Gasteiger partial charge in [-0.25, -0.2) is 5.01 Å². The van der Waals surface area contributed by atoms with Gasteiger partial charge in [-0.2, -0.15) is 5.10 Å². The first-order chi connectivity index (χ1) is 9.78.